The van der Waals surface area contributed by atoms with E-state index in [0.717, 1.165) is 6.42 Å². The number of ketones is 1. The molecule has 1 unspecified atom stereocenters. The fourth-order valence-electron chi connectivity index (χ4n) is 3.54. The molecule has 2 radical (unpaired) electrons. The van der Waals surface area contributed by atoms with Crippen LogP contribution in [-0.2, 0) is 19.0 Å². The number of epoxide rings is 2. The Morgan fingerprint density at radius 1 is 1.57 bits per heavy atom. The summed E-state index contributed by atoms with van der Waals surface area (Å²) in [7, 11) is 7.36. The maximum atomic E-state index is 12.3. The third kappa shape index (κ3) is 2.32. The van der Waals surface area contributed by atoms with Crippen molar-refractivity contribution < 1.29 is 19.0 Å². The average molecular weight is 288 g/mol. The maximum absolute atomic E-state index is 12.3. The van der Waals surface area contributed by atoms with Crippen molar-refractivity contribution in [2.75, 3.05) is 13.7 Å². The molecule has 5 atom stereocenters. The van der Waals surface area contributed by atoms with Crippen LogP contribution in [-0.4, -0.2) is 50.8 Å². The third-order valence-corrected chi connectivity index (χ3v) is 4.84. The van der Waals surface area contributed by atoms with Gasteiger partial charge in [-0.1, -0.05) is 23.2 Å². The largest absolute Gasteiger partial charge is 0.373 e. The monoisotopic (exact) mass is 288 g/mol. The molecular formula is C16H21BO4. The fraction of sp³-hybridized carbons (Fsp3) is 0.688. The van der Waals surface area contributed by atoms with Crippen molar-refractivity contribution in [1.29, 1.82) is 0 Å². The first kappa shape index (κ1) is 15.0. The van der Waals surface area contributed by atoms with Gasteiger partial charge in [0.15, 0.2) is 5.78 Å². The minimum Gasteiger partial charge on any atom is -0.373 e. The molecular weight excluding hydrogens is 267 g/mol. The highest BCUT2D eigenvalue weighted by Gasteiger charge is 2.71. The Balaban J connectivity index is 1.87. The summed E-state index contributed by atoms with van der Waals surface area (Å²) in [6, 6.07) is 0. The van der Waals surface area contributed by atoms with E-state index in [0.29, 0.717) is 6.61 Å². The van der Waals surface area contributed by atoms with Gasteiger partial charge in [-0.15, -0.1) is 0 Å². The van der Waals surface area contributed by atoms with Crippen molar-refractivity contribution in [3.8, 4) is 0 Å². The number of methoxy groups -OCH3 is 1. The van der Waals surface area contributed by atoms with E-state index < -0.39 is 17.3 Å². The summed E-state index contributed by atoms with van der Waals surface area (Å²) in [6.07, 6.45) is 4.25. The molecule has 0 aromatic heterocycles. The van der Waals surface area contributed by atoms with Crippen LogP contribution < -0.4 is 0 Å². The molecule has 0 aromatic carbocycles. The van der Waals surface area contributed by atoms with Crippen molar-refractivity contribution in [3.05, 3.63) is 23.2 Å². The van der Waals surface area contributed by atoms with Crippen LogP contribution in [0.3, 0.4) is 0 Å². The topological polar surface area (TPSA) is 51.4 Å². The molecule has 2 saturated heterocycles. The van der Waals surface area contributed by atoms with Gasteiger partial charge in [-0.3, -0.25) is 4.79 Å². The zero-order valence-corrected chi connectivity index (χ0v) is 13.0. The van der Waals surface area contributed by atoms with Crippen LogP contribution in [0.25, 0.3) is 0 Å². The Hall–Kier alpha value is -0.905. The van der Waals surface area contributed by atoms with Gasteiger partial charge in [0.05, 0.1) is 18.6 Å². The Kier molecular flexibility index (Phi) is 3.43. The van der Waals surface area contributed by atoms with Crippen molar-refractivity contribution in [3.63, 3.8) is 0 Å². The predicted octanol–water partition coefficient (Wildman–Crippen LogP) is 1.54. The van der Waals surface area contributed by atoms with Crippen LogP contribution in [0.5, 0.6) is 0 Å². The summed E-state index contributed by atoms with van der Waals surface area (Å²) in [5.41, 5.74) is 0.599. The lowest BCUT2D eigenvalue weighted by molar-refractivity contribution is -0.132. The Morgan fingerprint density at radius 2 is 2.24 bits per heavy atom. The quantitative estimate of drug-likeness (QED) is 0.447. The first-order valence-corrected chi connectivity index (χ1v) is 7.34. The van der Waals surface area contributed by atoms with E-state index in [9.17, 15) is 4.79 Å². The number of ether oxygens (including phenoxy) is 3. The van der Waals surface area contributed by atoms with Gasteiger partial charge >= 0.3 is 0 Å². The summed E-state index contributed by atoms with van der Waals surface area (Å²) < 4.78 is 17.1. The third-order valence-electron chi connectivity index (χ3n) is 4.84. The van der Waals surface area contributed by atoms with Gasteiger partial charge < -0.3 is 14.2 Å². The first-order chi connectivity index (χ1) is 9.84. The zero-order chi connectivity index (χ0) is 15.4. The molecule has 0 amide bonds. The minimum absolute atomic E-state index is 0.0941. The van der Waals surface area contributed by atoms with Gasteiger partial charge in [-0.2, -0.15) is 0 Å². The van der Waals surface area contributed by atoms with Crippen LogP contribution in [0, 0.1) is 5.92 Å². The second-order valence-electron chi connectivity index (χ2n) is 6.65. The molecule has 0 aromatic rings. The average Bonchev–Trinajstić information content (AvgIpc) is 3.31. The second kappa shape index (κ2) is 4.80. The molecule has 3 aliphatic rings. The van der Waals surface area contributed by atoms with Gasteiger partial charge in [-0.05, 0) is 27.2 Å². The van der Waals surface area contributed by atoms with Gasteiger partial charge in [0.2, 0.25) is 0 Å². The van der Waals surface area contributed by atoms with Gasteiger partial charge in [-0.25, -0.2) is 0 Å². The number of Topliss-reactive ketones (excluding diaryl/α,β-unsaturated/α-hetero) is 1. The Morgan fingerprint density at radius 3 is 2.76 bits per heavy atom. The van der Waals surface area contributed by atoms with Gasteiger partial charge in [0.1, 0.15) is 25.2 Å². The number of carbonyl (C=O) groups excluding carboxylic acids is 1. The van der Waals surface area contributed by atoms with E-state index in [1.807, 2.05) is 6.92 Å². The highest BCUT2D eigenvalue weighted by Crippen LogP contribution is 2.57. The molecule has 0 N–H and O–H groups in total. The molecule has 21 heavy (non-hydrogen) atoms. The van der Waals surface area contributed by atoms with Crippen molar-refractivity contribution >= 4 is 13.6 Å². The summed E-state index contributed by atoms with van der Waals surface area (Å²) in [5.74, 6) is -0.313. The van der Waals surface area contributed by atoms with Crippen LogP contribution in [0.15, 0.2) is 23.2 Å². The smallest absolute Gasteiger partial charge is 0.177 e. The van der Waals surface area contributed by atoms with E-state index in [1.54, 1.807) is 13.2 Å². The van der Waals surface area contributed by atoms with Crippen LogP contribution in [0.4, 0.5) is 0 Å². The van der Waals surface area contributed by atoms with Gasteiger partial charge in [0, 0.05) is 7.11 Å². The normalized spacial score (nSPS) is 44.5. The van der Waals surface area contributed by atoms with Crippen molar-refractivity contribution in [1.82, 2.24) is 0 Å². The number of allylic oxidation sites excluding steroid dienone is 1. The number of hydrogen-bond acceptors (Lipinski definition) is 4. The standard InChI is InChI=1S/C16H21BO4/c1-9(2)5-6-11-15(3,21-11)14-13(19-4)12(18)10(17)7-16(14)8-20-16/h5,7,11,13-14H,6,8H2,1-4H3/t11-,13-,14-,15?,16+/m1/s1. The zero-order valence-electron chi connectivity index (χ0n) is 13.0. The summed E-state index contributed by atoms with van der Waals surface area (Å²) in [5, 5.41) is 0. The molecule has 0 bridgehead atoms. The van der Waals surface area contributed by atoms with Crippen LogP contribution in [0.1, 0.15) is 27.2 Å². The van der Waals surface area contributed by atoms with Crippen LogP contribution in [0.2, 0.25) is 0 Å². The lowest BCUT2D eigenvalue weighted by Gasteiger charge is -2.36. The minimum atomic E-state index is -0.598. The SMILES string of the molecule is [B]C1=C[C@]2(CO2)[C@@H](C2(C)O[C@@H]2CC=C(C)C)[C@H](OC)C1=O. The fourth-order valence-corrected chi connectivity index (χ4v) is 3.54. The van der Waals surface area contributed by atoms with Crippen LogP contribution >= 0.6 is 0 Å². The summed E-state index contributed by atoms with van der Waals surface area (Å²) in [6.45, 7) is 6.74. The highest BCUT2D eigenvalue weighted by molar-refractivity contribution is 6.38. The van der Waals surface area contributed by atoms with E-state index in [2.05, 4.69) is 19.9 Å². The molecule has 2 aliphatic heterocycles. The Labute approximate surface area is 126 Å². The summed E-state index contributed by atoms with van der Waals surface area (Å²) in [4.78, 5) is 12.3. The molecule has 112 valence electrons. The Bertz CT molecular complexity index is 530. The molecule has 3 rings (SSSR count). The number of hydrogen-bond donors (Lipinski definition) is 0. The predicted molar refractivity (Wildman–Crippen MR) is 79.1 cm³/mol. The lowest BCUT2D eigenvalue weighted by Crippen LogP contribution is -2.52. The molecule has 1 aliphatic carbocycles. The second-order valence-corrected chi connectivity index (χ2v) is 6.65. The van der Waals surface area contributed by atoms with Crippen molar-refractivity contribution in [2.45, 2.75) is 50.6 Å². The van der Waals surface area contributed by atoms with E-state index in [4.69, 9.17) is 22.1 Å². The molecule has 0 saturated carbocycles. The molecule has 2 heterocycles. The molecule has 4 nitrogen and oxygen atoms in total. The van der Waals surface area contributed by atoms with E-state index in [1.165, 1.54) is 5.57 Å². The summed E-state index contributed by atoms with van der Waals surface area (Å²) >= 11 is 0. The van der Waals surface area contributed by atoms with E-state index in [-0.39, 0.29) is 23.3 Å². The highest BCUT2D eigenvalue weighted by atomic mass is 16.6. The lowest BCUT2D eigenvalue weighted by atomic mass is 9.66. The first-order valence-electron chi connectivity index (χ1n) is 7.34. The maximum Gasteiger partial charge on any atom is 0.177 e. The van der Waals surface area contributed by atoms with E-state index >= 15 is 0 Å². The number of carbonyl (C=O) groups is 1. The molecule has 5 heteroatoms. The van der Waals surface area contributed by atoms with Gasteiger partial charge in [0.25, 0.3) is 0 Å². The van der Waals surface area contributed by atoms with Crippen molar-refractivity contribution in [2.24, 2.45) is 5.92 Å². The molecule has 2 fully saturated rings. The molecule has 1 spiro atoms. The number of rotatable bonds is 4.